The molecule has 1 N–H and O–H groups in total. The van der Waals surface area contributed by atoms with E-state index in [1.54, 1.807) is 4.90 Å². The van der Waals surface area contributed by atoms with E-state index in [1.165, 1.54) is 13.5 Å². The number of aromatic nitrogens is 5. The van der Waals surface area contributed by atoms with Crippen LogP contribution in [0.2, 0.25) is 0 Å². The van der Waals surface area contributed by atoms with Crippen molar-refractivity contribution in [3.8, 4) is 11.5 Å². The molecule has 2 amide bonds. The summed E-state index contributed by atoms with van der Waals surface area (Å²) in [6, 6.07) is 7.59. The van der Waals surface area contributed by atoms with E-state index in [0.717, 1.165) is 43.0 Å². The van der Waals surface area contributed by atoms with Crippen molar-refractivity contribution >= 4 is 23.6 Å². The average molecular weight is 505 g/mol. The van der Waals surface area contributed by atoms with Crippen LogP contribution in [0.3, 0.4) is 0 Å². The van der Waals surface area contributed by atoms with E-state index in [1.807, 2.05) is 50.1 Å². The Labute approximate surface area is 215 Å². The number of alkyl carbamates (subject to hydrolysis) is 1. The molecule has 2 aliphatic heterocycles. The topological polar surface area (TPSA) is 118 Å². The number of hydrogen-bond donors (Lipinski definition) is 1. The van der Waals surface area contributed by atoms with Gasteiger partial charge in [0.25, 0.3) is 5.91 Å². The Balaban J connectivity index is 1.49. The van der Waals surface area contributed by atoms with Gasteiger partial charge in [-0.05, 0) is 44.9 Å². The van der Waals surface area contributed by atoms with Crippen molar-refractivity contribution in [2.24, 2.45) is 0 Å². The van der Waals surface area contributed by atoms with Crippen molar-refractivity contribution in [3.05, 3.63) is 46.9 Å². The van der Waals surface area contributed by atoms with Crippen LogP contribution in [-0.4, -0.2) is 56.9 Å². The van der Waals surface area contributed by atoms with Crippen molar-refractivity contribution < 1.29 is 14.3 Å². The minimum Gasteiger partial charge on any atom is -0.443 e. The first kappa shape index (κ1) is 24.7. The van der Waals surface area contributed by atoms with Gasteiger partial charge in [0, 0.05) is 38.7 Å². The molecule has 11 heteroatoms. The molecule has 0 aliphatic carbocycles. The van der Waals surface area contributed by atoms with Gasteiger partial charge >= 0.3 is 6.09 Å². The van der Waals surface area contributed by atoms with Crippen LogP contribution in [0, 0.1) is 0 Å². The fourth-order valence-corrected chi connectivity index (χ4v) is 4.68. The highest BCUT2D eigenvalue weighted by molar-refractivity contribution is 6.10. The highest BCUT2D eigenvalue weighted by Crippen LogP contribution is 2.33. The SMILES string of the molecule is CNC(=O)OCc1nc(N(C)C(C)C)cc2c1CN(c1cccc(-c3nnc4n3CCCCC4)n1)C2=O. The lowest BCUT2D eigenvalue weighted by molar-refractivity contribution is 0.0996. The number of amides is 2. The molecule has 0 saturated carbocycles. The summed E-state index contributed by atoms with van der Waals surface area (Å²) in [7, 11) is 3.42. The third-order valence-corrected chi connectivity index (χ3v) is 7.02. The van der Waals surface area contributed by atoms with Gasteiger partial charge in [-0.1, -0.05) is 12.5 Å². The molecule has 0 unspecified atom stereocenters. The van der Waals surface area contributed by atoms with Gasteiger partial charge in [-0.15, -0.1) is 10.2 Å². The number of nitrogens with zero attached hydrogens (tertiary/aromatic N) is 7. The standard InChI is InChI=1S/C26H32N8O3/c1-16(2)32(4)23-13-17-18(20(29-23)15-37-26(36)27-3)14-34(25(17)35)21-11-8-9-19(28-21)24-31-30-22-10-6-5-7-12-33(22)24/h8-9,11,13,16H,5-7,10,12,14-15H2,1-4H3,(H,27,36). The van der Waals surface area contributed by atoms with Gasteiger partial charge in [0.05, 0.1) is 17.8 Å². The summed E-state index contributed by atoms with van der Waals surface area (Å²) in [5.74, 6) is 2.72. The molecule has 0 atom stereocenters. The largest absolute Gasteiger partial charge is 0.443 e. The molecule has 3 aromatic rings. The lowest BCUT2D eigenvalue weighted by Crippen LogP contribution is -2.27. The molecule has 0 bridgehead atoms. The van der Waals surface area contributed by atoms with E-state index < -0.39 is 6.09 Å². The lowest BCUT2D eigenvalue weighted by Gasteiger charge is -2.23. The zero-order valence-corrected chi connectivity index (χ0v) is 21.7. The number of rotatable bonds is 6. The molecule has 194 valence electrons. The zero-order valence-electron chi connectivity index (χ0n) is 21.7. The first-order valence-corrected chi connectivity index (χ1v) is 12.7. The minimum atomic E-state index is -0.554. The van der Waals surface area contributed by atoms with Gasteiger partial charge in [0.1, 0.15) is 29.8 Å². The molecule has 0 radical (unpaired) electrons. The monoisotopic (exact) mass is 504 g/mol. The second-order valence-electron chi connectivity index (χ2n) is 9.66. The molecule has 37 heavy (non-hydrogen) atoms. The molecule has 5 heterocycles. The van der Waals surface area contributed by atoms with Crippen molar-refractivity contribution in [3.63, 3.8) is 0 Å². The maximum Gasteiger partial charge on any atom is 0.407 e. The molecule has 0 spiro atoms. The van der Waals surface area contributed by atoms with Crippen LogP contribution in [0.4, 0.5) is 16.4 Å². The number of carbonyl (C=O) groups excluding carboxylic acids is 2. The Hall–Kier alpha value is -4.02. The summed E-state index contributed by atoms with van der Waals surface area (Å²) in [5, 5.41) is 11.3. The second-order valence-corrected chi connectivity index (χ2v) is 9.66. The summed E-state index contributed by atoms with van der Waals surface area (Å²) in [4.78, 5) is 38.6. The molecule has 0 aromatic carbocycles. The van der Waals surface area contributed by atoms with E-state index in [9.17, 15) is 9.59 Å². The Morgan fingerprint density at radius 1 is 1.19 bits per heavy atom. The third-order valence-electron chi connectivity index (χ3n) is 7.02. The Morgan fingerprint density at radius 2 is 2.03 bits per heavy atom. The number of carbonyl (C=O) groups is 2. The van der Waals surface area contributed by atoms with Gasteiger partial charge in [0.15, 0.2) is 5.82 Å². The average Bonchev–Trinajstić information content (AvgIpc) is 3.38. The normalized spacial score (nSPS) is 14.8. The van der Waals surface area contributed by atoms with E-state index in [-0.39, 0.29) is 25.1 Å². The number of pyridine rings is 2. The number of ether oxygens (including phenoxy) is 1. The molecule has 0 fully saturated rings. The van der Waals surface area contributed by atoms with Crippen molar-refractivity contribution in [2.75, 3.05) is 23.9 Å². The minimum absolute atomic E-state index is 0.0394. The molecule has 3 aromatic heterocycles. The fourth-order valence-electron chi connectivity index (χ4n) is 4.68. The van der Waals surface area contributed by atoms with Crippen LogP contribution < -0.4 is 15.1 Å². The number of anilines is 2. The molecule has 0 saturated heterocycles. The molecular formula is C26H32N8O3. The van der Waals surface area contributed by atoms with Crippen LogP contribution in [0.5, 0.6) is 0 Å². The number of nitrogens with one attached hydrogen (secondary N) is 1. The number of aryl methyl sites for hydroxylation is 1. The maximum absolute atomic E-state index is 13.7. The van der Waals surface area contributed by atoms with Gasteiger partial charge in [0.2, 0.25) is 0 Å². The van der Waals surface area contributed by atoms with Crippen LogP contribution in [-0.2, 0) is 30.9 Å². The maximum atomic E-state index is 13.7. The predicted molar refractivity (Wildman–Crippen MR) is 138 cm³/mol. The van der Waals surface area contributed by atoms with Gasteiger partial charge in [-0.2, -0.15) is 0 Å². The fraction of sp³-hybridized carbons (Fsp3) is 0.462. The first-order valence-electron chi connectivity index (χ1n) is 12.7. The molecule has 2 aliphatic rings. The summed E-state index contributed by atoms with van der Waals surface area (Å²) >= 11 is 0. The summed E-state index contributed by atoms with van der Waals surface area (Å²) in [5.41, 5.74) is 2.51. The van der Waals surface area contributed by atoms with Gasteiger partial charge < -0.3 is 19.5 Å². The van der Waals surface area contributed by atoms with E-state index >= 15 is 0 Å². The quantitative estimate of drug-likeness (QED) is 0.543. The number of fused-ring (bicyclic) bond motifs is 2. The van der Waals surface area contributed by atoms with Crippen LogP contribution in [0.25, 0.3) is 11.5 Å². The van der Waals surface area contributed by atoms with Crippen molar-refractivity contribution in [2.45, 2.75) is 65.3 Å². The Morgan fingerprint density at radius 3 is 2.81 bits per heavy atom. The van der Waals surface area contributed by atoms with Crippen molar-refractivity contribution in [1.82, 2.24) is 30.0 Å². The predicted octanol–water partition coefficient (Wildman–Crippen LogP) is 3.32. The van der Waals surface area contributed by atoms with Gasteiger partial charge in [-0.25, -0.2) is 14.8 Å². The smallest absolute Gasteiger partial charge is 0.407 e. The van der Waals surface area contributed by atoms with Gasteiger partial charge in [-0.3, -0.25) is 9.69 Å². The van der Waals surface area contributed by atoms with Crippen molar-refractivity contribution in [1.29, 1.82) is 0 Å². The third kappa shape index (κ3) is 4.73. The second kappa shape index (κ2) is 10.2. The number of hydrogen-bond acceptors (Lipinski definition) is 8. The van der Waals surface area contributed by atoms with E-state index in [0.29, 0.717) is 28.6 Å². The van der Waals surface area contributed by atoms with Crippen LogP contribution in [0.15, 0.2) is 24.3 Å². The Kier molecular flexibility index (Phi) is 6.77. The van der Waals surface area contributed by atoms with Crippen LogP contribution >= 0.6 is 0 Å². The Bertz CT molecular complexity index is 1340. The highest BCUT2D eigenvalue weighted by Gasteiger charge is 2.34. The van der Waals surface area contributed by atoms with E-state index in [2.05, 4.69) is 20.1 Å². The molecular weight excluding hydrogens is 472 g/mol. The first-order chi connectivity index (χ1) is 17.9. The molecule has 5 rings (SSSR count). The summed E-state index contributed by atoms with van der Waals surface area (Å²) in [6.45, 7) is 5.20. The summed E-state index contributed by atoms with van der Waals surface area (Å²) < 4.78 is 7.46. The lowest BCUT2D eigenvalue weighted by atomic mass is 10.1. The van der Waals surface area contributed by atoms with Crippen LogP contribution in [0.1, 0.15) is 60.5 Å². The zero-order chi connectivity index (χ0) is 26.1. The summed E-state index contributed by atoms with van der Waals surface area (Å²) in [6.07, 6.45) is 3.72. The molecule has 11 nitrogen and oxygen atoms in total. The highest BCUT2D eigenvalue weighted by atomic mass is 16.5. The van der Waals surface area contributed by atoms with E-state index in [4.69, 9.17) is 14.7 Å².